The number of hydrogen-bond acceptors (Lipinski definition) is 3. The van der Waals surface area contributed by atoms with Crippen LogP contribution in [0.3, 0.4) is 0 Å². The highest BCUT2D eigenvalue weighted by atomic mass is 19.1. The van der Waals surface area contributed by atoms with E-state index in [0.29, 0.717) is 24.0 Å². The molecule has 3 nitrogen and oxygen atoms in total. The van der Waals surface area contributed by atoms with Crippen LogP contribution in [0.1, 0.15) is 27.0 Å². The van der Waals surface area contributed by atoms with E-state index in [-0.39, 0.29) is 11.4 Å². The van der Waals surface area contributed by atoms with E-state index >= 15 is 0 Å². The first-order valence-corrected chi connectivity index (χ1v) is 7.11. The minimum Gasteiger partial charge on any atom is -0.400 e. The third-order valence-electron chi connectivity index (χ3n) is 2.85. The van der Waals surface area contributed by atoms with E-state index in [1.165, 1.54) is 18.2 Å². The topological polar surface area (TPSA) is 49.3 Å². The van der Waals surface area contributed by atoms with Crippen molar-refractivity contribution in [3.8, 4) is 24.7 Å². The lowest BCUT2D eigenvalue weighted by Crippen LogP contribution is -2.05. The molecule has 0 heterocycles. The Morgan fingerprint density at radius 3 is 1.96 bits per heavy atom. The van der Waals surface area contributed by atoms with Crippen molar-refractivity contribution in [1.82, 2.24) is 5.32 Å². The van der Waals surface area contributed by atoms with Crippen LogP contribution in [0.4, 0.5) is 8.78 Å². The van der Waals surface area contributed by atoms with Crippen molar-refractivity contribution in [2.24, 2.45) is 0 Å². The fraction of sp³-hybridized carbons (Fsp3) is 0.150. The lowest BCUT2D eigenvalue weighted by Gasteiger charge is -2.00. The Kier molecular flexibility index (Phi) is 10.9. The molecule has 0 aliphatic carbocycles. The van der Waals surface area contributed by atoms with E-state index in [1.807, 2.05) is 13.1 Å². The zero-order chi connectivity index (χ0) is 19.2. The molecule has 0 spiro atoms. The molecule has 2 N–H and O–H groups in total. The number of aliphatic hydroxyl groups is 1. The number of aldehydes is 1. The Bertz CT molecular complexity index is 774. The summed E-state index contributed by atoms with van der Waals surface area (Å²) >= 11 is 0. The van der Waals surface area contributed by atoms with Gasteiger partial charge in [-0.1, -0.05) is 24.0 Å². The third kappa shape index (κ3) is 7.41. The first-order chi connectivity index (χ1) is 12.0. The van der Waals surface area contributed by atoms with Gasteiger partial charge in [-0.15, -0.1) is 12.8 Å². The molecular formula is C20H19F2NO2. The van der Waals surface area contributed by atoms with Gasteiger partial charge in [-0.2, -0.15) is 0 Å². The molecule has 0 aromatic heterocycles. The second-order valence-corrected chi connectivity index (χ2v) is 4.49. The maximum Gasteiger partial charge on any atom is 0.150 e. The number of halogens is 2. The van der Waals surface area contributed by atoms with Crippen LogP contribution in [-0.2, 0) is 6.54 Å². The maximum atomic E-state index is 13.0. The van der Waals surface area contributed by atoms with Crippen LogP contribution in [0.5, 0.6) is 0 Å². The largest absolute Gasteiger partial charge is 0.400 e. The number of nitrogens with one attached hydrogen (secondary N) is 1. The third-order valence-corrected chi connectivity index (χ3v) is 2.85. The normalized spacial score (nSPS) is 8.60. The molecule has 130 valence electrons. The summed E-state index contributed by atoms with van der Waals surface area (Å²) in [6, 6.07) is 8.87. The Labute approximate surface area is 146 Å². The van der Waals surface area contributed by atoms with Gasteiger partial charge in [0.1, 0.15) is 17.9 Å². The molecule has 0 bridgehead atoms. The molecule has 5 heteroatoms. The number of carbonyl (C=O) groups excluding carboxylic acids is 1. The second-order valence-electron chi connectivity index (χ2n) is 4.49. The number of rotatable bonds is 3. The van der Waals surface area contributed by atoms with Crippen LogP contribution in [0.2, 0.25) is 0 Å². The van der Waals surface area contributed by atoms with E-state index in [4.69, 9.17) is 18.0 Å². The summed E-state index contributed by atoms with van der Waals surface area (Å²) < 4.78 is 25.7. The summed E-state index contributed by atoms with van der Waals surface area (Å²) in [4.78, 5) is 10.1. The molecule has 2 rings (SSSR count). The van der Waals surface area contributed by atoms with Crippen molar-refractivity contribution >= 4 is 6.29 Å². The minimum atomic E-state index is -0.530. The maximum absolute atomic E-state index is 13.0. The van der Waals surface area contributed by atoms with Crippen LogP contribution in [0, 0.1) is 36.3 Å². The molecule has 0 amide bonds. The summed E-state index contributed by atoms with van der Waals surface area (Å²) in [5, 5.41) is 9.93. The van der Waals surface area contributed by atoms with Crippen LogP contribution >= 0.6 is 0 Å². The first kappa shape index (κ1) is 22.0. The van der Waals surface area contributed by atoms with Crippen molar-refractivity contribution in [2.75, 3.05) is 14.2 Å². The highest BCUT2D eigenvalue weighted by molar-refractivity contribution is 5.75. The zero-order valence-electron chi connectivity index (χ0n) is 14.0. The minimum absolute atomic E-state index is 0.176. The van der Waals surface area contributed by atoms with Gasteiger partial charge in [-0.3, -0.25) is 4.79 Å². The molecule has 0 saturated carbocycles. The van der Waals surface area contributed by atoms with Gasteiger partial charge in [0, 0.05) is 19.2 Å². The Balaban J connectivity index is 0.000000421. The number of carbonyl (C=O) groups is 1. The van der Waals surface area contributed by atoms with Crippen LogP contribution < -0.4 is 5.32 Å². The van der Waals surface area contributed by atoms with E-state index < -0.39 is 5.82 Å². The molecule has 0 atom stereocenters. The average molecular weight is 343 g/mol. The fourth-order valence-electron chi connectivity index (χ4n) is 1.71. The van der Waals surface area contributed by atoms with Crippen molar-refractivity contribution in [3.05, 3.63) is 70.3 Å². The summed E-state index contributed by atoms with van der Waals surface area (Å²) in [6.07, 6.45) is 10.6. The standard InChI is InChI=1S/C10H10FN.C9H5FO.CH4O/c1-3-9-5-4-8(7-12-2)6-10(9)11;1-2-8-4-3-7(6-11)5-9(8)10;1-2/h1,4-6,12H,7H2,2H3;1,3-6H;2H,1H3. The molecule has 0 fully saturated rings. The predicted molar refractivity (Wildman–Crippen MR) is 95.0 cm³/mol. The molecule has 0 unspecified atom stereocenters. The SMILES string of the molecule is C#Cc1ccc(C=O)cc1F.C#Cc1ccc(CNC)cc1F.CO. The number of terminal acetylenes is 2. The number of benzene rings is 2. The van der Waals surface area contributed by atoms with Gasteiger partial charge in [0.2, 0.25) is 0 Å². The number of aliphatic hydroxyl groups excluding tert-OH is 1. The molecule has 0 aliphatic rings. The molecule has 2 aromatic carbocycles. The lowest BCUT2D eigenvalue weighted by molar-refractivity contribution is 0.112. The van der Waals surface area contributed by atoms with Gasteiger partial charge in [0.25, 0.3) is 0 Å². The summed E-state index contributed by atoms with van der Waals surface area (Å²) in [5.41, 5.74) is 1.68. The van der Waals surface area contributed by atoms with E-state index in [0.717, 1.165) is 18.7 Å². The van der Waals surface area contributed by atoms with E-state index in [1.54, 1.807) is 6.07 Å². The van der Waals surface area contributed by atoms with Gasteiger partial charge in [0.15, 0.2) is 0 Å². The predicted octanol–water partition coefficient (Wildman–Crippen LogP) is 2.75. The molecular weight excluding hydrogens is 324 g/mol. The lowest BCUT2D eigenvalue weighted by atomic mass is 10.1. The monoisotopic (exact) mass is 343 g/mol. The molecule has 0 radical (unpaired) electrons. The van der Waals surface area contributed by atoms with E-state index in [2.05, 4.69) is 17.2 Å². The Morgan fingerprint density at radius 2 is 1.56 bits per heavy atom. The average Bonchev–Trinajstić information content (AvgIpc) is 2.64. The van der Waals surface area contributed by atoms with Crippen molar-refractivity contribution < 1.29 is 18.7 Å². The van der Waals surface area contributed by atoms with Crippen molar-refractivity contribution in [3.63, 3.8) is 0 Å². The first-order valence-electron chi connectivity index (χ1n) is 7.11. The second kappa shape index (κ2) is 12.4. The zero-order valence-corrected chi connectivity index (χ0v) is 14.0. The summed E-state index contributed by atoms with van der Waals surface area (Å²) in [7, 11) is 2.81. The van der Waals surface area contributed by atoms with Crippen LogP contribution in [0.25, 0.3) is 0 Å². The van der Waals surface area contributed by atoms with Gasteiger partial charge < -0.3 is 10.4 Å². The van der Waals surface area contributed by atoms with Gasteiger partial charge in [0.05, 0.1) is 11.1 Å². The van der Waals surface area contributed by atoms with Gasteiger partial charge in [-0.05, 0) is 36.9 Å². The summed E-state index contributed by atoms with van der Waals surface area (Å²) in [6.45, 7) is 0.655. The van der Waals surface area contributed by atoms with E-state index in [9.17, 15) is 13.6 Å². The van der Waals surface area contributed by atoms with Crippen molar-refractivity contribution in [2.45, 2.75) is 6.54 Å². The molecule has 0 saturated heterocycles. The van der Waals surface area contributed by atoms with Crippen LogP contribution in [0.15, 0.2) is 36.4 Å². The highest BCUT2D eigenvalue weighted by Gasteiger charge is 2.00. The highest BCUT2D eigenvalue weighted by Crippen LogP contribution is 2.09. The summed E-state index contributed by atoms with van der Waals surface area (Å²) in [5.74, 6) is 3.57. The van der Waals surface area contributed by atoms with Gasteiger partial charge >= 0.3 is 0 Å². The fourth-order valence-corrected chi connectivity index (χ4v) is 1.71. The molecule has 0 aliphatic heterocycles. The molecule has 25 heavy (non-hydrogen) atoms. The quantitative estimate of drug-likeness (QED) is 0.666. The molecule has 2 aromatic rings. The Morgan fingerprint density at radius 1 is 1.04 bits per heavy atom. The van der Waals surface area contributed by atoms with Crippen LogP contribution in [-0.4, -0.2) is 25.6 Å². The Hall–Kier alpha value is -2.99. The van der Waals surface area contributed by atoms with Crippen molar-refractivity contribution in [1.29, 1.82) is 0 Å². The smallest absolute Gasteiger partial charge is 0.150 e. The number of hydrogen-bond donors (Lipinski definition) is 2. The van der Waals surface area contributed by atoms with Gasteiger partial charge in [-0.25, -0.2) is 8.78 Å².